The quantitative estimate of drug-likeness (QED) is 0.467. The van der Waals surface area contributed by atoms with Crippen LogP contribution >= 0.6 is 11.8 Å². The SMILES string of the molecule is Cc1cccc(C)c1-n1c(C)cc(/C=C2\SC(=O)N(Cc3ccc(F)cc3)C2=O)c1C. The Labute approximate surface area is 185 Å². The molecule has 4 nitrogen and oxygen atoms in total. The van der Waals surface area contributed by atoms with Crippen LogP contribution < -0.4 is 0 Å². The molecule has 1 aromatic heterocycles. The van der Waals surface area contributed by atoms with Crippen molar-refractivity contribution in [2.45, 2.75) is 34.2 Å². The Hall–Kier alpha value is -3.12. The van der Waals surface area contributed by atoms with Gasteiger partial charge < -0.3 is 4.57 Å². The van der Waals surface area contributed by atoms with Crippen LogP contribution in [-0.2, 0) is 11.3 Å². The number of amides is 2. The molecule has 0 unspecified atom stereocenters. The van der Waals surface area contributed by atoms with Crippen LogP contribution in [0.25, 0.3) is 11.8 Å². The van der Waals surface area contributed by atoms with Crippen LogP contribution in [0.2, 0.25) is 0 Å². The lowest BCUT2D eigenvalue weighted by atomic mass is 10.1. The van der Waals surface area contributed by atoms with E-state index in [2.05, 4.69) is 30.5 Å². The maximum absolute atomic E-state index is 13.1. The Morgan fingerprint density at radius 2 is 1.61 bits per heavy atom. The lowest BCUT2D eigenvalue weighted by Gasteiger charge is -2.15. The Kier molecular flexibility index (Phi) is 5.58. The molecule has 1 aliphatic heterocycles. The zero-order chi connectivity index (χ0) is 22.3. The summed E-state index contributed by atoms with van der Waals surface area (Å²) in [6.45, 7) is 8.36. The number of benzene rings is 2. The molecular weight excluding hydrogens is 411 g/mol. The van der Waals surface area contributed by atoms with Gasteiger partial charge in [-0.05, 0) is 86.0 Å². The molecule has 3 aromatic rings. The van der Waals surface area contributed by atoms with Gasteiger partial charge in [-0.25, -0.2) is 4.39 Å². The van der Waals surface area contributed by atoms with Crippen molar-refractivity contribution in [1.29, 1.82) is 0 Å². The van der Waals surface area contributed by atoms with Crippen LogP contribution in [0.15, 0.2) is 53.4 Å². The molecule has 2 amide bonds. The number of aromatic nitrogens is 1. The third kappa shape index (κ3) is 3.95. The van der Waals surface area contributed by atoms with Crippen molar-refractivity contribution in [3.05, 3.63) is 92.9 Å². The molecule has 31 heavy (non-hydrogen) atoms. The van der Waals surface area contributed by atoms with Crippen molar-refractivity contribution in [2.24, 2.45) is 0 Å². The van der Waals surface area contributed by atoms with Gasteiger partial charge in [0.1, 0.15) is 5.82 Å². The lowest BCUT2D eigenvalue weighted by Crippen LogP contribution is -2.27. The Balaban J connectivity index is 1.66. The van der Waals surface area contributed by atoms with Gasteiger partial charge in [-0.2, -0.15) is 0 Å². The number of hydrogen-bond donors (Lipinski definition) is 0. The van der Waals surface area contributed by atoms with Gasteiger partial charge in [-0.3, -0.25) is 14.5 Å². The highest BCUT2D eigenvalue weighted by molar-refractivity contribution is 8.18. The van der Waals surface area contributed by atoms with E-state index < -0.39 is 0 Å². The highest BCUT2D eigenvalue weighted by Crippen LogP contribution is 2.35. The van der Waals surface area contributed by atoms with Crippen LogP contribution in [0.4, 0.5) is 9.18 Å². The molecule has 0 radical (unpaired) electrons. The number of thioether (sulfide) groups is 1. The number of carbonyl (C=O) groups excluding carboxylic acids is 2. The summed E-state index contributed by atoms with van der Waals surface area (Å²) in [5.41, 5.74) is 7.18. The number of halogens is 1. The van der Waals surface area contributed by atoms with Gasteiger partial charge in [0.15, 0.2) is 0 Å². The molecule has 158 valence electrons. The molecule has 0 N–H and O–H groups in total. The third-order valence-electron chi connectivity index (χ3n) is 5.55. The summed E-state index contributed by atoms with van der Waals surface area (Å²) in [4.78, 5) is 27.0. The minimum Gasteiger partial charge on any atom is -0.317 e. The number of nitrogens with zero attached hydrogens (tertiary/aromatic N) is 2. The van der Waals surface area contributed by atoms with Crippen LogP contribution in [0, 0.1) is 33.5 Å². The standard InChI is InChI=1S/C25H23FN2O2S/c1-15-6-5-7-16(2)23(15)28-17(3)12-20(18(28)4)13-22-24(29)27(25(30)31-22)14-19-8-10-21(26)11-9-19/h5-13H,14H2,1-4H3/b22-13-. The maximum Gasteiger partial charge on any atom is 0.293 e. The molecule has 2 aromatic carbocycles. The van der Waals surface area contributed by atoms with E-state index in [9.17, 15) is 14.0 Å². The van der Waals surface area contributed by atoms with E-state index >= 15 is 0 Å². The molecule has 0 saturated carbocycles. The van der Waals surface area contributed by atoms with E-state index in [1.165, 1.54) is 28.2 Å². The van der Waals surface area contributed by atoms with Crippen LogP contribution in [-0.4, -0.2) is 20.6 Å². The summed E-state index contributed by atoms with van der Waals surface area (Å²) in [7, 11) is 0. The highest BCUT2D eigenvalue weighted by atomic mass is 32.2. The molecule has 0 aliphatic carbocycles. The minimum absolute atomic E-state index is 0.129. The molecule has 0 bridgehead atoms. The topological polar surface area (TPSA) is 42.3 Å². The van der Waals surface area contributed by atoms with Gasteiger partial charge in [-0.15, -0.1) is 0 Å². The second kappa shape index (κ2) is 8.19. The van der Waals surface area contributed by atoms with Crippen LogP contribution in [0.5, 0.6) is 0 Å². The highest BCUT2D eigenvalue weighted by Gasteiger charge is 2.35. The molecule has 1 aliphatic rings. The van der Waals surface area contributed by atoms with Crippen molar-refractivity contribution >= 4 is 29.0 Å². The third-order valence-corrected chi connectivity index (χ3v) is 6.45. The van der Waals surface area contributed by atoms with Crippen molar-refractivity contribution in [3.63, 3.8) is 0 Å². The fourth-order valence-electron chi connectivity index (χ4n) is 3.99. The van der Waals surface area contributed by atoms with E-state index in [4.69, 9.17) is 0 Å². The zero-order valence-electron chi connectivity index (χ0n) is 17.9. The molecule has 1 fully saturated rings. The van der Waals surface area contributed by atoms with Gasteiger partial charge >= 0.3 is 0 Å². The summed E-state index contributed by atoms with van der Waals surface area (Å²) >= 11 is 0.940. The number of para-hydroxylation sites is 1. The van der Waals surface area contributed by atoms with E-state index in [0.717, 1.165) is 34.4 Å². The fourth-order valence-corrected chi connectivity index (χ4v) is 4.82. The number of rotatable bonds is 4. The molecule has 4 rings (SSSR count). The van der Waals surface area contributed by atoms with Gasteiger partial charge in [-0.1, -0.05) is 30.3 Å². The Morgan fingerprint density at radius 1 is 0.968 bits per heavy atom. The van der Waals surface area contributed by atoms with Crippen molar-refractivity contribution in [2.75, 3.05) is 0 Å². The monoisotopic (exact) mass is 434 g/mol. The first-order valence-electron chi connectivity index (χ1n) is 10.0. The molecular formula is C25H23FN2O2S. The molecule has 0 spiro atoms. The van der Waals surface area contributed by atoms with Crippen molar-refractivity contribution < 1.29 is 14.0 Å². The van der Waals surface area contributed by atoms with E-state index in [0.29, 0.717) is 10.5 Å². The van der Waals surface area contributed by atoms with Crippen molar-refractivity contribution in [1.82, 2.24) is 9.47 Å². The van der Waals surface area contributed by atoms with Gasteiger partial charge in [0.2, 0.25) is 0 Å². The first-order chi connectivity index (χ1) is 14.8. The largest absolute Gasteiger partial charge is 0.317 e. The van der Waals surface area contributed by atoms with E-state index in [1.54, 1.807) is 18.2 Å². The number of imide groups is 1. The predicted octanol–water partition coefficient (Wildman–Crippen LogP) is 6.09. The average Bonchev–Trinajstić information content (AvgIpc) is 3.14. The first kappa shape index (κ1) is 21.1. The summed E-state index contributed by atoms with van der Waals surface area (Å²) < 4.78 is 15.3. The molecule has 1 saturated heterocycles. The molecule has 6 heteroatoms. The normalized spacial score (nSPS) is 15.4. The van der Waals surface area contributed by atoms with Crippen LogP contribution in [0.3, 0.4) is 0 Å². The smallest absolute Gasteiger partial charge is 0.293 e. The molecule has 0 atom stereocenters. The minimum atomic E-state index is -0.350. The number of carbonyl (C=O) groups is 2. The van der Waals surface area contributed by atoms with Gasteiger partial charge in [0.05, 0.1) is 17.1 Å². The summed E-state index contributed by atoms with van der Waals surface area (Å²) in [5, 5.41) is -0.316. The summed E-state index contributed by atoms with van der Waals surface area (Å²) in [6.07, 6.45) is 1.79. The summed E-state index contributed by atoms with van der Waals surface area (Å²) in [6, 6.07) is 14.1. The zero-order valence-corrected chi connectivity index (χ0v) is 18.7. The van der Waals surface area contributed by atoms with Gasteiger partial charge in [0, 0.05) is 11.4 Å². The second-order valence-electron chi connectivity index (χ2n) is 7.80. The van der Waals surface area contributed by atoms with Crippen molar-refractivity contribution in [3.8, 4) is 5.69 Å². The lowest BCUT2D eigenvalue weighted by molar-refractivity contribution is -0.123. The fraction of sp³-hybridized carbons (Fsp3) is 0.200. The summed E-state index contributed by atoms with van der Waals surface area (Å²) in [5.74, 6) is -0.673. The second-order valence-corrected chi connectivity index (χ2v) is 8.79. The number of hydrogen-bond acceptors (Lipinski definition) is 3. The first-order valence-corrected chi connectivity index (χ1v) is 10.8. The Morgan fingerprint density at radius 3 is 2.26 bits per heavy atom. The molecule has 2 heterocycles. The van der Waals surface area contributed by atoms with Crippen LogP contribution in [0.1, 0.15) is 33.6 Å². The van der Waals surface area contributed by atoms with Gasteiger partial charge in [0.25, 0.3) is 11.1 Å². The van der Waals surface area contributed by atoms with E-state index in [1.807, 2.05) is 26.0 Å². The van der Waals surface area contributed by atoms with E-state index in [-0.39, 0.29) is 23.5 Å². The average molecular weight is 435 g/mol. The maximum atomic E-state index is 13.1. The Bertz CT molecular complexity index is 1200. The predicted molar refractivity (Wildman–Crippen MR) is 123 cm³/mol. The number of aryl methyl sites for hydroxylation is 3.